The second-order valence-electron chi connectivity index (χ2n) is 5.92. The molecule has 24 heavy (non-hydrogen) atoms. The SMILES string of the molecule is Cc1cccc2nc(-c3ccc(-c4ccccc4)cc3)c(CN)n12. The average Bonchev–Trinajstić information content (AvgIpc) is 3.02. The zero-order valence-corrected chi connectivity index (χ0v) is 13.6. The quantitative estimate of drug-likeness (QED) is 0.608. The van der Waals surface area contributed by atoms with E-state index in [1.165, 1.54) is 11.1 Å². The molecule has 0 radical (unpaired) electrons. The Hall–Kier alpha value is -2.91. The molecule has 0 unspecified atom stereocenters. The number of nitrogens with two attached hydrogens (primary N) is 1. The molecule has 4 rings (SSSR count). The summed E-state index contributed by atoms with van der Waals surface area (Å²) in [5, 5.41) is 0. The third-order valence-electron chi connectivity index (χ3n) is 4.39. The van der Waals surface area contributed by atoms with Gasteiger partial charge in [0, 0.05) is 17.8 Å². The van der Waals surface area contributed by atoms with Gasteiger partial charge in [0.15, 0.2) is 0 Å². The van der Waals surface area contributed by atoms with E-state index < -0.39 is 0 Å². The molecule has 0 aliphatic carbocycles. The van der Waals surface area contributed by atoms with Crippen LogP contribution in [0.15, 0.2) is 72.8 Å². The van der Waals surface area contributed by atoms with Gasteiger partial charge in [-0.2, -0.15) is 0 Å². The summed E-state index contributed by atoms with van der Waals surface area (Å²) in [6.45, 7) is 2.54. The molecule has 4 aromatic rings. The zero-order valence-electron chi connectivity index (χ0n) is 13.6. The van der Waals surface area contributed by atoms with Gasteiger partial charge < -0.3 is 5.73 Å². The number of hydrogen-bond acceptors (Lipinski definition) is 2. The van der Waals surface area contributed by atoms with Gasteiger partial charge in [0.2, 0.25) is 0 Å². The summed E-state index contributed by atoms with van der Waals surface area (Å²) >= 11 is 0. The first kappa shape index (κ1) is 14.7. The molecule has 0 saturated carbocycles. The Balaban J connectivity index is 1.82. The Morgan fingerprint density at radius 2 is 1.46 bits per heavy atom. The van der Waals surface area contributed by atoms with Gasteiger partial charge >= 0.3 is 0 Å². The maximum atomic E-state index is 6.03. The van der Waals surface area contributed by atoms with Crippen molar-refractivity contribution in [2.24, 2.45) is 5.73 Å². The summed E-state index contributed by atoms with van der Waals surface area (Å²) in [6, 6.07) is 25.0. The predicted octanol–water partition coefficient (Wildman–Crippen LogP) is 4.44. The van der Waals surface area contributed by atoms with Crippen molar-refractivity contribution in [1.82, 2.24) is 9.38 Å². The lowest BCUT2D eigenvalue weighted by Crippen LogP contribution is -2.04. The fourth-order valence-corrected chi connectivity index (χ4v) is 3.20. The van der Waals surface area contributed by atoms with Gasteiger partial charge in [-0.05, 0) is 30.2 Å². The van der Waals surface area contributed by atoms with Gasteiger partial charge in [-0.15, -0.1) is 0 Å². The molecule has 0 aliphatic rings. The van der Waals surface area contributed by atoms with Crippen molar-refractivity contribution in [3.05, 3.63) is 84.2 Å². The minimum Gasteiger partial charge on any atom is -0.325 e. The van der Waals surface area contributed by atoms with Crippen molar-refractivity contribution in [3.63, 3.8) is 0 Å². The molecule has 0 bridgehead atoms. The number of aryl methyl sites for hydroxylation is 1. The molecule has 0 fully saturated rings. The average molecular weight is 313 g/mol. The molecular formula is C21H19N3. The van der Waals surface area contributed by atoms with Crippen LogP contribution in [0.25, 0.3) is 28.0 Å². The maximum Gasteiger partial charge on any atom is 0.137 e. The lowest BCUT2D eigenvalue weighted by Gasteiger charge is -2.06. The lowest BCUT2D eigenvalue weighted by molar-refractivity contribution is 0.935. The summed E-state index contributed by atoms with van der Waals surface area (Å²) in [5.74, 6) is 0. The van der Waals surface area contributed by atoms with Gasteiger partial charge in [0.25, 0.3) is 0 Å². The lowest BCUT2D eigenvalue weighted by atomic mass is 10.0. The Morgan fingerprint density at radius 1 is 0.792 bits per heavy atom. The molecule has 2 heterocycles. The van der Waals surface area contributed by atoms with Crippen LogP contribution in [0, 0.1) is 6.92 Å². The second kappa shape index (κ2) is 5.95. The number of aromatic nitrogens is 2. The molecule has 0 aliphatic heterocycles. The third-order valence-corrected chi connectivity index (χ3v) is 4.39. The number of nitrogens with zero attached hydrogens (tertiary/aromatic N) is 2. The Labute approximate surface area is 141 Å². The Kier molecular flexibility index (Phi) is 3.63. The summed E-state index contributed by atoms with van der Waals surface area (Å²) in [5.41, 5.74) is 13.6. The third kappa shape index (κ3) is 2.39. The van der Waals surface area contributed by atoms with Crippen molar-refractivity contribution in [3.8, 4) is 22.4 Å². The molecule has 2 N–H and O–H groups in total. The smallest absolute Gasteiger partial charge is 0.137 e. The number of benzene rings is 2. The topological polar surface area (TPSA) is 43.3 Å². The minimum atomic E-state index is 0.460. The molecule has 3 nitrogen and oxygen atoms in total. The van der Waals surface area contributed by atoms with Crippen molar-refractivity contribution in [1.29, 1.82) is 0 Å². The highest BCUT2D eigenvalue weighted by Crippen LogP contribution is 2.28. The van der Waals surface area contributed by atoms with E-state index in [0.29, 0.717) is 6.54 Å². The van der Waals surface area contributed by atoms with Crippen LogP contribution in [0.4, 0.5) is 0 Å². The summed E-state index contributed by atoms with van der Waals surface area (Å²) < 4.78 is 2.14. The van der Waals surface area contributed by atoms with E-state index in [1.807, 2.05) is 18.2 Å². The number of hydrogen-bond donors (Lipinski definition) is 1. The highest BCUT2D eigenvalue weighted by atomic mass is 15.0. The van der Waals surface area contributed by atoms with Crippen molar-refractivity contribution < 1.29 is 0 Å². The Morgan fingerprint density at radius 3 is 2.17 bits per heavy atom. The van der Waals surface area contributed by atoms with Crippen LogP contribution in [-0.4, -0.2) is 9.38 Å². The predicted molar refractivity (Wildman–Crippen MR) is 98.7 cm³/mol. The van der Waals surface area contributed by atoms with E-state index in [2.05, 4.69) is 65.9 Å². The van der Waals surface area contributed by atoms with Crippen LogP contribution in [0.3, 0.4) is 0 Å². The van der Waals surface area contributed by atoms with E-state index in [9.17, 15) is 0 Å². The molecule has 2 aromatic heterocycles. The molecule has 0 saturated heterocycles. The van der Waals surface area contributed by atoms with Gasteiger partial charge in [-0.3, -0.25) is 4.40 Å². The monoisotopic (exact) mass is 313 g/mol. The van der Waals surface area contributed by atoms with Crippen LogP contribution in [0.1, 0.15) is 11.4 Å². The molecule has 118 valence electrons. The van der Waals surface area contributed by atoms with Gasteiger partial charge in [-0.1, -0.05) is 60.7 Å². The largest absolute Gasteiger partial charge is 0.325 e. The molecule has 0 amide bonds. The van der Waals surface area contributed by atoms with E-state index >= 15 is 0 Å². The van der Waals surface area contributed by atoms with E-state index in [0.717, 1.165) is 28.3 Å². The first-order chi connectivity index (χ1) is 11.8. The van der Waals surface area contributed by atoms with Crippen molar-refractivity contribution >= 4 is 5.65 Å². The molecule has 0 atom stereocenters. The first-order valence-electron chi connectivity index (χ1n) is 8.11. The number of pyridine rings is 1. The number of imidazole rings is 1. The fourth-order valence-electron chi connectivity index (χ4n) is 3.20. The van der Waals surface area contributed by atoms with Crippen LogP contribution in [-0.2, 0) is 6.54 Å². The zero-order chi connectivity index (χ0) is 16.5. The summed E-state index contributed by atoms with van der Waals surface area (Å²) in [4.78, 5) is 4.80. The number of fused-ring (bicyclic) bond motifs is 1. The fraction of sp³-hybridized carbons (Fsp3) is 0.0952. The van der Waals surface area contributed by atoms with Crippen LogP contribution in [0.2, 0.25) is 0 Å². The van der Waals surface area contributed by atoms with Crippen molar-refractivity contribution in [2.75, 3.05) is 0 Å². The normalized spacial score (nSPS) is 11.1. The first-order valence-corrected chi connectivity index (χ1v) is 8.11. The van der Waals surface area contributed by atoms with E-state index in [1.54, 1.807) is 0 Å². The van der Waals surface area contributed by atoms with Crippen LogP contribution in [0.5, 0.6) is 0 Å². The summed E-state index contributed by atoms with van der Waals surface area (Å²) in [6.07, 6.45) is 0. The molecule has 0 spiro atoms. The minimum absolute atomic E-state index is 0.460. The van der Waals surface area contributed by atoms with E-state index in [-0.39, 0.29) is 0 Å². The summed E-state index contributed by atoms with van der Waals surface area (Å²) in [7, 11) is 0. The highest BCUT2D eigenvalue weighted by Gasteiger charge is 2.14. The van der Waals surface area contributed by atoms with E-state index in [4.69, 9.17) is 10.7 Å². The van der Waals surface area contributed by atoms with Crippen LogP contribution < -0.4 is 5.73 Å². The van der Waals surface area contributed by atoms with Gasteiger partial charge in [0.05, 0.1) is 11.4 Å². The highest BCUT2D eigenvalue weighted by molar-refractivity contribution is 5.71. The molecule has 3 heteroatoms. The maximum absolute atomic E-state index is 6.03. The second-order valence-corrected chi connectivity index (χ2v) is 5.92. The van der Waals surface area contributed by atoms with Gasteiger partial charge in [-0.25, -0.2) is 4.98 Å². The Bertz CT molecular complexity index is 983. The molecule has 2 aromatic carbocycles. The number of rotatable bonds is 3. The molecular weight excluding hydrogens is 294 g/mol. The standard InChI is InChI=1S/C21H19N3/c1-15-6-5-9-20-23-21(19(14-22)24(15)20)18-12-10-17(11-13-18)16-7-3-2-4-8-16/h2-13H,14,22H2,1H3. The van der Waals surface area contributed by atoms with Crippen molar-refractivity contribution in [2.45, 2.75) is 13.5 Å². The van der Waals surface area contributed by atoms with Crippen LogP contribution >= 0.6 is 0 Å². The van der Waals surface area contributed by atoms with Gasteiger partial charge in [0.1, 0.15) is 5.65 Å².